The molecule has 11 heteroatoms. The normalized spacial score (nSPS) is 11.4. The number of rotatable bonds is 10. The summed E-state index contributed by atoms with van der Waals surface area (Å²) in [6.45, 7) is -0.449. The fraction of sp³-hybridized carbons (Fsp3) is 0.208. The lowest BCUT2D eigenvalue weighted by Gasteiger charge is -2.23. The van der Waals surface area contributed by atoms with Crippen LogP contribution in [0, 0.1) is 0 Å². The molecule has 0 saturated heterocycles. The van der Waals surface area contributed by atoms with Crippen molar-refractivity contribution in [3.05, 3.63) is 81.3 Å². The molecule has 0 aromatic heterocycles. The van der Waals surface area contributed by atoms with Crippen LogP contribution in [0.5, 0.6) is 11.5 Å². The van der Waals surface area contributed by atoms with E-state index in [4.69, 9.17) is 44.3 Å². The van der Waals surface area contributed by atoms with Crippen molar-refractivity contribution in [1.82, 2.24) is 4.31 Å². The van der Waals surface area contributed by atoms with Crippen LogP contribution in [-0.2, 0) is 21.2 Å². The molecule has 1 N–H and O–H groups in total. The monoisotopic (exact) mass is 556 g/mol. The Morgan fingerprint density at radius 3 is 2.26 bits per heavy atom. The first kappa shape index (κ1) is 27.1. The molecule has 0 aliphatic carbocycles. The van der Waals surface area contributed by atoms with Gasteiger partial charge in [-0.05, 0) is 30.2 Å². The lowest BCUT2D eigenvalue weighted by molar-refractivity contribution is -0.116. The molecular weight excluding hydrogens is 535 g/mol. The van der Waals surface area contributed by atoms with Gasteiger partial charge in [0, 0.05) is 23.7 Å². The van der Waals surface area contributed by atoms with Gasteiger partial charge in [-0.25, -0.2) is 8.42 Å². The minimum Gasteiger partial charge on any atom is -0.495 e. The number of sulfonamides is 1. The van der Waals surface area contributed by atoms with Gasteiger partial charge >= 0.3 is 0 Å². The zero-order valence-corrected chi connectivity index (χ0v) is 22.0. The number of carbonyl (C=O) groups is 1. The summed E-state index contributed by atoms with van der Waals surface area (Å²) in [4.78, 5) is 12.8. The van der Waals surface area contributed by atoms with Gasteiger partial charge in [-0.3, -0.25) is 4.79 Å². The predicted molar refractivity (Wildman–Crippen MR) is 139 cm³/mol. The number of methoxy groups -OCH3 is 2. The van der Waals surface area contributed by atoms with Crippen LogP contribution in [0.3, 0.4) is 0 Å². The fourth-order valence-electron chi connectivity index (χ4n) is 3.30. The molecule has 3 aromatic carbocycles. The highest BCUT2D eigenvalue weighted by molar-refractivity contribution is 7.89. The summed E-state index contributed by atoms with van der Waals surface area (Å²) >= 11 is 18.3. The van der Waals surface area contributed by atoms with Crippen molar-refractivity contribution in [2.75, 3.05) is 32.6 Å². The maximum absolute atomic E-state index is 13.5. The van der Waals surface area contributed by atoms with Crippen molar-refractivity contribution >= 4 is 56.4 Å². The number of nitrogens with zero attached hydrogens (tertiary/aromatic N) is 1. The first-order valence-corrected chi connectivity index (χ1v) is 12.9. The Morgan fingerprint density at radius 1 is 0.914 bits per heavy atom. The van der Waals surface area contributed by atoms with Gasteiger partial charge in [-0.1, -0.05) is 65.1 Å². The molecule has 1 amide bonds. The molecule has 3 aromatic rings. The fourth-order valence-corrected chi connectivity index (χ4v) is 5.67. The van der Waals surface area contributed by atoms with Crippen LogP contribution in [0.15, 0.2) is 65.6 Å². The summed E-state index contributed by atoms with van der Waals surface area (Å²) in [5, 5.41) is 3.18. The molecule has 7 nitrogen and oxygen atoms in total. The van der Waals surface area contributed by atoms with Crippen LogP contribution >= 0.6 is 34.8 Å². The average Bonchev–Trinajstić information content (AvgIpc) is 2.84. The third-order valence-electron chi connectivity index (χ3n) is 5.07. The zero-order valence-electron chi connectivity index (χ0n) is 18.9. The van der Waals surface area contributed by atoms with Gasteiger partial charge in [0.1, 0.15) is 16.4 Å². The summed E-state index contributed by atoms with van der Waals surface area (Å²) in [6.07, 6.45) is 0.379. The maximum atomic E-state index is 13.5. The zero-order chi connectivity index (χ0) is 25.6. The number of hydrogen-bond donors (Lipinski definition) is 1. The summed E-state index contributed by atoms with van der Waals surface area (Å²) in [5.41, 5.74) is 1.19. The molecule has 0 radical (unpaired) electrons. The summed E-state index contributed by atoms with van der Waals surface area (Å²) < 4.78 is 38.6. The number of benzene rings is 3. The Hall–Kier alpha value is -2.49. The largest absolute Gasteiger partial charge is 0.495 e. The van der Waals surface area contributed by atoms with Gasteiger partial charge < -0.3 is 14.8 Å². The Labute approximate surface area is 219 Å². The van der Waals surface area contributed by atoms with Gasteiger partial charge in [0.25, 0.3) is 0 Å². The molecule has 0 heterocycles. The first-order valence-electron chi connectivity index (χ1n) is 10.4. The van der Waals surface area contributed by atoms with Crippen LogP contribution < -0.4 is 14.8 Å². The van der Waals surface area contributed by atoms with Crippen molar-refractivity contribution in [2.24, 2.45) is 0 Å². The lowest BCUT2D eigenvalue weighted by Crippen LogP contribution is -2.39. The van der Waals surface area contributed by atoms with E-state index in [-0.39, 0.29) is 27.2 Å². The smallest absolute Gasteiger partial charge is 0.245 e. The van der Waals surface area contributed by atoms with Gasteiger partial charge in [0.2, 0.25) is 15.9 Å². The Bertz CT molecular complexity index is 1300. The number of anilines is 1. The van der Waals surface area contributed by atoms with E-state index < -0.39 is 22.5 Å². The van der Waals surface area contributed by atoms with E-state index in [0.29, 0.717) is 22.9 Å². The van der Waals surface area contributed by atoms with Crippen molar-refractivity contribution < 1.29 is 22.7 Å². The minimum absolute atomic E-state index is 0.00336. The third kappa shape index (κ3) is 6.80. The van der Waals surface area contributed by atoms with Gasteiger partial charge in [0.05, 0.1) is 36.5 Å². The van der Waals surface area contributed by atoms with Crippen LogP contribution in [0.4, 0.5) is 5.69 Å². The van der Waals surface area contributed by atoms with Crippen LogP contribution in [0.1, 0.15) is 5.56 Å². The molecular formula is C24H23Cl3N2O5S. The number of halogens is 3. The molecule has 0 aliphatic rings. The second-order valence-electron chi connectivity index (χ2n) is 7.38. The SMILES string of the molecule is COc1cc(NC(=O)CN(CCc2ccccc2)S(=O)(=O)c2cc(Cl)ccc2Cl)c(OC)cc1Cl. The van der Waals surface area contributed by atoms with E-state index in [2.05, 4.69) is 5.32 Å². The summed E-state index contributed by atoms with van der Waals surface area (Å²) in [6, 6.07) is 16.5. The van der Waals surface area contributed by atoms with Crippen molar-refractivity contribution in [1.29, 1.82) is 0 Å². The minimum atomic E-state index is -4.17. The van der Waals surface area contributed by atoms with E-state index in [0.717, 1.165) is 9.87 Å². The van der Waals surface area contributed by atoms with E-state index in [1.54, 1.807) is 0 Å². The summed E-state index contributed by atoms with van der Waals surface area (Å²) in [5.74, 6) is 0.0187. The van der Waals surface area contributed by atoms with E-state index >= 15 is 0 Å². The highest BCUT2D eigenvalue weighted by atomic mass is 35.5. The van der Waals surface area contributed by atoms with Gasteiger partial charge in [-0.2, -0.15) is 4.31 Å². The lowest BCUT2D eigenvalue weighted by atomic mass is 10.1. The van der Waals surface area contributed by atoms with E-state index in [9.17, 15) is 13.2 Å². The molecule has 0 fully saturated rings. The van der Waals surface area contributed by atoms with Crippen LogP contribution in [0.2, 0.25) is 15.1 Å². The van der Waals surface area contributed by atoms with Crippen LogP contribution in [0.25, 0.3) is 0 Å². The highest BCUT2D eigenvalue weighted by Gasteiger charge is 2.29. The van der Waals surface area contributed by atoms with Crippen molar-refractivity contribution in [3.8, 4) is 11.5 Å². The maximum Gasteiger partial charge on any atom is 0.245 e. The predicted octanol–water partition coefficient (Wildman–Crippen LogP) is 5.54. The number of ether oxygens (including phenoxy) is 2. The van der Waals surface area contributed by atoms with Crippen LogP contribution in [-0.4, -0.2) is 45.9 Å². The topological polar surface area (TPSA) is 84.9 Å². The quantitative estimate of drug-likeness (QED) is 0.354. The second kappa shape index (κ2) is 12.0. The summed E-state index contributed by atoms with van der Waals surface area (Å²) in [7, 11) is -1.31. The molecule has 0 bridgehead atoms. The molecule has 186 valence electrons. The van der Waals surface area contributed by atoms with Gasteiger partial charge in [-0.15, -0.1) is 0 Å². The Morgan fingerprint density at radius 2 is 1.60 bits per heavy atom. The Kier molecular flexibility index (Phi) is 9.27. The molecule has 0 atom stereocenters. The first-order chi connectivity index (χ1) is 16.6. The molecule has 0 aliphatic heterocycles. The molecule has 0 saturated carbocycles. The molecule has 3 rings (SSSR count). The number of nitrogens with one attached hydrogen (secondary N) is 1. The van der Waals surface area contributed by atoms with Crippen molar-refractivity contribution in [2.45, 2.75) is 11.3 Å². The second-order valence-corrected chi connectivity index (χ2v) is 10.5. The molecule has 0 unspecified atom stereocenters. The number of amides is 1. The van der Waals surface area contributed by atoms with Gasteiger partial charge in [0.15, 0.2) is 0 Å². The average molecular weight is 558 g/mol. The van der Waals surface area contributed by atoms with E-state index in [1.165, 1.54) is 44.6 Å². The van der Waals surface area contributed by atoms with E-state index in [1.807, 2.05) is 30.3 Å². The number of carbonyl (C=O) groups excluding carboxylic acids is 1. The third-order valence-corrected chi connectivity index (χ3v) is 7.93. The Balaban J connectivity index is 1.91. The highest BCUT2D eigenvalue weighted by Crippen LogP contribution is 2.36. The standard InChI is InChI=1S/C24H23Cl3N2O5S/c1-33-21-14-20(22(34-2)13-19(21)27)28-24(30)15-29(11-10-16-6-4-3-5-7-16)35(31,32)23-12-17(25)8-9-18(23)26/h3-9,12-14H,10-11,15H2,1-2H3,(H,28,30). The molecule has 0 spiro atoms. The molecule has 35 heavy (non-hydrogen) atoms. The van der Waals surface area contributed by atoms with Crippen molar-refractivity contribution in [3.63, 3.8) is 0 Å². The number of hydrogen-bond acceptors (Lipinski definition) is 5.